The van der Waals surface area contributed by atoms with Crippen molar-refractivity contribution in [3.05, 3.63) is 10.4 Å². The smallest absolute Gasteiger partial charge is 0.187 e. The van der Waals surface area contributed by atoms with Crippen LogP contribution >= 0.6 is 0 Å². The van der Waals surface area contributed by atoms with Crippen LogP contribution in [0.15, 0.2) is 5.11 Å². The number of rotatable bonds is 17. The van der Waals surface area contributed by atoms with E-state index in [0.717, 1.165) is 0 Å². The van der Waals surface area contributed by atoms with Gasteiger partial charge in [-0.25, -0.2) is 0 Å². The molecule has 0 aromatic rings. The molecule has 13 N–H and O–H groups in total. The molecule has 0 saturated carbocycles. The molecule has 0 bridgehead atoms. The molecular formula is C30H53N3O20. The summed E-state index contributed by atoms with van der Waals surface area (Å²) in [4.78, 5) is 2.69. The highest BCUT2D eigenvalue weighted by Crippen LogP contribution is 2.35. The van der Waals surface area contributed by atoms with Crippen LogP contribution in [0.5, 0.6) is 0 Å². The van der Waals surface area contributed by atoms with Gasteiger partial charge in [0.2, 0.25) is 0 Å². The predicted molar refractivity (Wildman–Crippen MR) is 169 cm³/mol. The number of aliphatic hydroxyl groups is 13. The fourth-order valence-electron chi connectivity index (χ4n) is 6.75. The molecule has 20 unspecified atom stereocenters. The standard InChI is InChI=1S/C30H53N3O20/c31-33-32-6-4-2-1-3-5-11-19(41)25(20(42)15(10-37)47-11)51-29-27(23(45)18(40)13(8-35)49-29)53-30-26(22(44)17(39)14(9-36)50-30)52-28-24(46)21(43)16(38)12(7-34)48-28/h11-30,34-46H,1-10H2. The summed E-state index contributed by atoms with van der Waals surface area (Å²) in [6, 6.07) is 0. The minimum absolute atomic E-state index is 0.244. The lowest BCUT2D eigenvalue weighted by molar-refractivity contribution is -0.400. The zero-order chi connectivity index (χ0) is 39.0. The second kappa shape index (κ2) is 20.6. The van der Waals surface area contributed by atoms with Crippen molar-refractivity contribution < 1.29 is 99.5 Å². The van der Waals surface area contributed by atoms with Gasteiger partial charge in [0.05, 0.1) is 32.5 Å². The molecule has 53 heavy (non-hydrogen) atoms. The Morgan fingerprint density at radius 2 is 0.849 bits per heavy atom. The highest BCUT2D eigenvalue weighted by atomic mass is 16.8. The molecule has 308 valence electrons. The Hall–Kier alpha value is -1.49. The zero-order valence-corrected chi connectivity index (χ0v) is 28.6. The summed E-state index contributed by atoms with van der Waals surface area (Å²) in [6.07, 6.45) is -31.7. The first-order valence-electron chi connectivity index (χ1n) is 17.5. The van der Waals surface area contributed by atoms with Crippen LogP contribution in [0, 0.1) is 0 Å². The van der Waals surface area contributed by atoms with E-state index in [9.17, 15) is 66.4 Å². The molecule has 4 saturated heterocycles. The Morgan fingerprint density at radius 3 is 1.36 bits per heavy atom. The van der Waals surface area contributed by atoms with E-state index in [0.29, 0.717) is 32.2 Å². The van der Waals surface area contributed by atoms with Crippen LogP contribution in [0.4, 0.5) is 0 Å². The van der Waals surface area contributed by atoms with Crippen LogP contribution in [0.25, 0.3) is 10.4 Å². The van der Waals surface area contributed by atoms with Crippen LogP contribution in [0.2, 0.25) is 0 Å². The van der Waals surface area contributed by atoms with Crippen molar-refractivity contribution in [1.82, 2.24) is 0 Å². The number of unbranched alkanes of at least 4 members (excludes halogenated alkanes) is 3. The van der Waals surface area contributed by atoms with E-state index in [2.05, 4.69) is 10.0 Å². The van der Waals surface area contributed by atoms with Gasteiger partial charge in [-0.15, -0.1) is 0 Å². The van der Waals surface area contributed by atoms with Gasteiger partial charge in [-0.2, -0.15) is 0 Å². The molecule has 23 nitrogen and oxygen atoms in total. The van der Waals surface area contributed by atoms with Gasteiger partial charge < -0.3 is 99.5 Å². The second-order valence-corrected chi connectivity index (χ2v) is 13.4. The van der Waals surface area contributed by atoms with E-state index < -0.39 is 149 Å². The molecule has 0 aromatic heterocycles. The van der Waals surface area contributed by atoms with Crippen molar-refractivity contribution in [1.29, 1.82) is 0 Å². The van der Waals surface area contributed by atoms with Crippen LogP contribution in [0.3, 0.4) is 0 Å². The van der Waals surface area contributed by atoms with E-state index >= 15 is 0 Å². The lowest BCUT2D eigenvalue weighted by Crippen LogP contribution is -2.68. The summed E-state index contributed by atoms with van der Waals surface area (Å²) in [5.41, 5.74) is 8.42. The first-order chi connectivity index (χ1) is 25.3. The van der Waals surface area contributed by atoms with Gasteiger partial charge in [0, 0.05) is 11.5 Å². The first-order valence-corrected chi connectivity index (χ1v) is 17.5. The second-order valence-electron chi connectivity index (χ2n) is 13.4. The fraction of sp³-hybridized carbons (Fsp3) is 1.00. The Morgan fingerprint density at radius 1 is 0.434 bits per heavy atom. The number of hydrogen-bond donors (Lipinski definition) is 13. The Labute approximate surface area is 303 Å². The SMILES string of the molecule is [N-]=[N+]=NCCCCCCC1OC(CO)C(O)C(OC2OC(CO)C(O)C(O)C2OC2OC(CO)C(O)C(O)C2OC2OC(CO)C(O)C(O)C2O)C1O. The normalized spacial score (nSPS) is 46.5. The molecule has 4 fully saturated rings. The van der Waals surface area contributed by atoms with Crippen molar-refractivity contribution in [3.8, 4) is 0 Å². The molecule has 0 aromatic carbocycles. The van der Waals surface area contributed by atoms with Crippen molar-refractivity contribution in [2.75, 3.05) is 33.0 Å². The highest BCUT2D eigenvalue weighted by Gasteiger charge is 2.55. The molecule has 20 atom stereocenters. The minimum atomic E-state index is -2.00. The fourth-order valence-corrected chi connectivity index (χ4v) is 6.75. The van der Waals surface area contributed by atoms with Crippen molar-refractivity contribution in [2.24, 2.45) is 5.11 Å². The maximum atomic E-state index is 11.3. The number of aliphatic hydroxyl groups excluding tert-OH is 13. The number of hydrogen-bond acceptors (Lipinski definition) is 21. The van der Waals surface area contributed by atoms with E-state index in [1.165, 1.54) is 0 Å². The predicted octanol–water partition coefficient (Wildman–Crippen LogP) is -6.44. The molecule has 4 heterocycles. The average Bonchev–Trinajstić information content (AvgIpc) is 3.15. The summed E-state index contributed by atoms with van der Waals surface area (Å²) in [6.45, 7) is -2.95. The van der Waals surface area contributed by atoms with E-state index in [1.54, 1.807) is 0 Å². The van der Waals surface area contributed by atoms with Gasteiger partial charge >= 0.3 is 0 Å². The highest BCUT2D eigenvalue weighted by molar-refractivity contribution is 4.98. The third kappa shape index (κ3) is 10.3. The largest absolute Gasteiger partial charge is 0.394 e. The molecule has 23 heteroatoms. The molecule has 4 rings (SSSR count). The summed E-state index contributed by atoms with van der Waals surface area (Å²) >= 11 is 0. The molecule has 4 aliphatic heterocycles. The number of nitrogens with zero attached hydrogens (tertiary/aromatic N) is 3. The Balaban J connectivity index is 1.57. The Kier molecular flexibility index (Phi) is 17.2. The summed E-state index contributed by atoms with van der Waals surface area (Å²) < 4.78 is 40.0. The average molecular weight is 776 g/mol. The van der Waals surface area contributed by atoms with E-state index in [4.69, 9.17) is 38.7 Å². The molecule has 0 radical (unpaired) electrons. The molecule has 0 aliphatic carbocycles. The number of ether oxygens (including phenoxy) is 7. The molecular weight excluding hydrogens is 722 g/mol. The maximum Gasteiger partial charge on any atom is 0.187 e. The van der Waals surface area contributed by atoms with Crippen LogP contribution in [-0.4, -0.2) is 222 Å². The van der Waals surface area contributed by atoms with Gasteiger partial charge in [0.1, 0.15) is 97.7 Å². The summed E-state index contributed by atoms with van der Waals surface area (Å²) in [7, 11) is 0. The lowest BCUT2D eigenvalue weighted by Gasteiger charge is -2.49. The van der Waals surface area contributed by atoms with E-state index in [-0.39, 0.29) is 6.42 Å². The van der Waals surface area contributed by atoms with Crippen molar-refractivity contribution >= 4 is 0 Å². The lowest BCUT2D eigenvalue weighted by atomic mass is 9.91. The topological polar surface area (TPSA) is 376 Å². The zero-order valence-electron chi connectivity index (χ0n) is 28.6. The number of azide groups is 1. The van der Waals surface area contributed by atoms with Gasteiger partial charge in [-0.05, 0) is 18.4 Å². The summed E-state index contributed by atoms with van der Waals surface area (Å²) in [5, 5.41) is 140. The van der Waals surface area contributed by atoms with Gasteiger partial charge in [-0.1, -0.05) is 24.4 Å². The van der Waals surface area contributed by atoms with Gasteiger partial charge in [0.15, 0.2) is 18.9 Å². The molecule has 0 spiro atoms. The third-order valence-corrected chi connectivity index (χ3v) is 9.90. The maximum absolute atomic E-state index is 11.3. The monoisotopic (exact) mass is 775 g/mol. The third-order valence-electron chi connectivity index (χ3n) is 9.90. The molecule has 4 aliphatic rings. The van der Waals surface area contributed by atoms with Crippen LogP contribution in [0.1, 0.15) is 32.1 Å². The van der Waals surface area contributed by atoms with Gasteiger partial charge in [-0.3, -0.25) is 0 Å². The van der Waals surface area contributed by atoms with Crippen molar-refractivity contribution in [2.45, 2.75) is 155 Å². The first kappa shape index (κ1) is 44.2. The quantitative estimate of drug-likeness (QED) is 0.0283. The van der Waals surface area contributed by atoms with Crippen molar-refractivity contribution in [3.63, 3.8) is 0 Å². The van der Waals surface area contributed by atoms with Crippen LogP contribution < -0.4 is 0 Å². The Bertz CT molecular complexity index is 1140. The van der Waals surface area contributed by atoms with E-state index in [1.807, 2.05) is 0 Å². The summed E-state index contributed by atoms with van der Waals surface area (Å²) in [5.74, 6) is 0. The minimum Gasteiger partial charge on any atom is -0.394 e. The molecule has 0 amide bonds. The van der Waals surface area contributed by atoms with Crippen LogP contribution in [-0.2, 0) is 33.2 Å². The van der Waals surface area contributed by atoms with Gasteiger partial charge in [0.25, 0.3) is 0 Å².